The Kier molecular flexibility index (Phi) is 4.75. The zero-order chi connectivity index (χ0) is 17.8. The van der Waals surface area contributed by atoms with Gasteiger partial charge in [0, 0.05) is 17.1 Å². The number of nitrogens with zero attached hydrogens (tertiary/aromatic N) is 2. The molecule has 5 heteroatoms. The van der Waals surface area contributed by atoms with Crippen molar-refractivity contribution < 1.29 is 9.15 Å². The first-order valence-electron chi connectivity index (χ1n) is 8.10. The van der Waals surface area contributed by atoms with E-state index < -0.39 is 5.63 Å². The molecular formula is C20H18N2O3. The van der Waals surface area contributed by atoms with Crippen LogP contribution in [0.5, 0.6) is 5.75 Å². The van der Waals surface area contributed by atoms with Gasteiger partial charge in [0.15, 0.2) is 5.52 Å². The molecule has 0 unspecified atom stereocenters. The number of pyridine rings is 1. The first-order valence-corrected chi connectivity index (χ1v) is 8.10. The summed E-state index contributed by atoms with van der Waals surface area (Å²) in [5, 5.41) is 1.84. The molecule has 126 valence electrons. The fourth-order valence-corrected chi connectivity index (χ4v) is 2.66. The molecule has 2 heterocycles. The zero-order valence-electron chi connectivity index (χ0n) is 14.3. The van der Waals surface area contributed by atoms with Crippen LogP contribution in [0.1, 0.15) is 13.8 Å². The van der Waals surface area contributed by atoms with Crippen LogP contribution in [0.15, 0.2) is 63.9 Å². The Labute approximate surface area is 144 Å². The lowest BCUT2D eigenvalue weighted by Crippen LogP contribution is -2.04. The Balaban J connectivity index is 0.000000880. The lowest BCUT2D eigenvalue weighted by molar-refractivity contribution is 0.420. The maximum atomic E-state index is 12.1. The van der Waals surface area contributed by atoms with E-state index in [4.69, 9.17) is 9.15 Å². The Bertz CT molecular complexity index is 1090. The summed E-state index contributed by atoms with van der Waals surface area (Å²) >= 11 is 0. The van der Waals surface area contributed by atoms with Gasteiger partial charge in [-0.1, -0.05) is 38.1 Å². The number of hydrogen-bond donors (Lipinski definition) is 0. The van der Waals surface area contributed by atoms with Gasteiger partial charge in [-0.05, 0) is 29.7 Å². The van der Waals surface area contributed by atoms with Gasteiger partial charge in [0.1, 0.15) is 11.3 Å². The van der Waals surface area contributed by atoms with Gasteiger partial charge in [-0.3, -0.25) is 0 Å². The predicted octanol–water partition coefficient (Wildman–Crippen LogP) is 4.44. The van der Waals surface area contributed by atoms with Gasteiger partial charge in [-0.25, -0.2) is 14.8 Å². The average Bonchev–Trinajstić information content (AvgIpc) is 2.68. The van der Waals surface area contributed by atoms with Crippen LogP contribution in [-0.4, -0.2) is 17.1 Å². The van der Waals surface area contributed by atoms with Crippen LogP contribution in [0.3, 0.4) is 0 Å². The second kappa shape index (κ2) is 7.13. The first-order chi connectivity index (χ1) is 12.3. The lowest BCUT2D eigenvalue weighted by atomic mass is 10.0. The second-order valence-electron chi connectivity index (χ2n) is 5.04. The van der Waals surface area contributed by atoms with E-state index in [1.807, 2.05) is 50.2 Å². The summed E-state index contributed by atoms with van der Waals surface area (Å²) in [7, 11) is 1.63. The highest BCUT2D eigenvalue weighted by Gasteiger charge is 2.13. The summed E-state index contributed by atoms with van der Waals surface area (Å²) in [5.41, 5.74) is 0.988. The Morgan fingerprint density at radius 2 is 1.72 bits per heavy atom. The van der Waals surface area contributed by atoms with E-state index in [0.29, 0.717) is 5.52 Å². The maximum absolute atomic E-state index is 12.1. The van der Waals surface area contributed by atoms with Crippen LogP contribution < -0.4 is 10.4 Å². The molecule has 0 aliphatic heterocycles. The summed E-state index contributed by atoms with van der Waals surface area (Å²) in [6.07, 6.45) is 1.55. The molecule has 0 bridgehead atoms. The van der Waals surface area contributed by atoms with Gasteiger partial charge in [-0.2, -0.15) is 0 Å². The normalized spacial score (nSPS) is 10.4. The molecule has 0 radical (unpaired) electrons. The third kappa shape index (κ3) is 2.96. The maximum Gasteiger partial charge on any atom is 0.365 e. The van der Waals surface area contributed by atoms with Crippen LogP contribution in [0.25, 0.3) is 33.3 Å². The molecule has 0 aliphatic carbocycles. The Morgan fingerprint density at radius 3 is 2.48 bits per heavy atom. The molecular weight excluding hydrogens is 316 g/mol. The standard InChI is InChI=1S/C18H12N2O3.C2H6/c1-22-15-9-8-13(11-5-2-3-6-12(11)15)17-20-14-7-4-10-19-16(14)18(21)23-17;1-2/h2-10H,1H3;1-2H3. The monoisotopic (exact) mass is 334 g/mol. The molecule has 4 rings (SSSR count). The van der Waals surface area contributed by atoms with Crippen LogP contribution in [-0.2, 0) is 0 Å². The zero-order valence-corrected chi connectivity index (χ0v) is 14.3. The fourth-order valence-electron chi connectivity index (χ4n) is 2.66. The van der Waals surface area contributed by atoms with E-state index in [1.165, 1.54) is 0 Å². The number of fused-ring (bicyclic) bond motifs is 2. The van der Waals surface area contributed by atoms with E-state index in [2.05, 4.69) is 9.97 Å². The number of hydrogen-bond acceptors (Lipinski definition) is 5. The van der Waals surface area contributed by atoms with Crippen molar-refractivity contribution in [1.29, 1.82) is 0 Å². The molecule has 0 saturated carbocycles. The molecule has 0 atom stereocenters. The highest BCUT2D eigenvalue weighted by atomic mass is 16.5. The van der Waals surface area contributed by atoms with Crippen molar-refractivity contribution in [2.45, 2.75) is 13.8 Å². The third-order valence-electron chi connectivity index (χ3n) is 3.73. The molecule has 0 aliphatic rings. The summed E-state index contributed by atoms with van der Waals surface area (Å²) in [6, 6.07) is 14.9. The number of methoxy groups -OCH3 is 1. The van der Waals surface area contributed by atoms with Crippen molar-refractivity contribution in [2.75, 3.05) is 7.11 Å². The van der Waals surface area contributed by atoms with Crippen molar-refractivity contribution in [3.05, 3.63) is 65.1 Å². The molecule has 0 saturated heterocycles. The van der Waals surface area contributed by atoms with Crippen molar-refractivity contribution in [1.82, 2.24) is 9.97 Å². The average molecular weight is 334 g/mol. The number of benzene rings is 2. The van der Waals surface area contributed by atoms with Crippen LogP contribution in [0, 0.1) is 0 Å². The topological polar surface area (TPSA) is 65.2 Å². The second-order valence-corrected chi connectivity index (χ2v) is 5.04. The van der Waals surface area contributed by atoms with Gasteiger partial charge >= 0.3 is 5.63 Å². The van der Waals surface area contributed by atoms with Crippen LogP contribution in [0.2, 0.25) is 0 Å². The van der Waals surface area contributed by atoms with Gasteiger partial charge in [-0.15, -0.1) is 0 Å². The van der Waals surface area contributed by atoms with E-state index in [0.717, 1.165) is 22.1 Å². The number of ether oxygens (including phenoxy) is 1. The predicted molar refractivity (Wildman–Crippen MR) is 98.9 cm³/mol. The minimum absolute atomic E-state index is 0.231. The van der Waals surface area contributed by atoms with Crippen molar-refractivity contribution >= 4 is 21.8 Å². The summed E-state index contributed by atoms with van der Waals surface area (Å²) in [5.74, 6) is 1.03. The molecule has 25 heavy (non-hydrogen) atoms. The first kappa shape index (κ1) is 16.6. The molecule has 0 fully saturated rings. The fraction of sp³-hybridized carbons (Fsp3) is 0.150. The molecule has 4 aromatic rings. The largest absolute Gasteiger partial charge is 0.496 e. The summed E-state index contributed by atoms with van der Waals surface area (Å²) in [6.45, 7) is 4.00. The van der Waals surface area contributed by atoms with Gasteiger partial charge in [0.2, 0.25) is 5.89 Å². The van der Waals surface area contributed by atoms with E-state index >= 15 is 0 Å². The molecule has 0 N–H and O–H groups in total. The quantitative estimate of drug-likeness (QED) is 0.542. The SMILES string of the molecule is CC.COc1ccc(-c2nc3cccnc3c(=O)o2)c2ccccc12. The molecule has 5 nitrogen and oxygen atoms in total. The minimum atomic E-state index is -0.495. The smallest absolute Gasteiger partial charge is 0.365 e. The highest BCUT2D eigenvalue weighted by molar-refractivity contribution is 5.98. The summed E-state index contributed by atoms with van der Waals surface area (Å²) in [4.78, 5) is 20.6. The molecule has 0 amide bonds. The van der Waals surface area contributed by atoms with Gasteiger partial charge in [0.05, 0.1) is 7.11 Å². The van der Waals surface area contributed by atoms with Crippen LogP contribution >= 0.6 is 0 Å². The van der Waals surface area contributed by atoms with Crippen molar-refractivity contribution in [3.63, 3.8) is 0 Å². The third-order valence-corrected chi connectivity index (χ3v) is 3.73. The number of rotatable bonds is 2. The Hall–Kier alpha value is -3.21. The lowest BCUT2D eigenvalue weighted by Gasteiger charge is -2.09. The molecule has 2 aromatic heterocycles. The molecule has 2 aromatic carbocycles. The van der Waals surface area contributed by atoms with Gasteiger partial charge in [0.25, 0.3) is 0 Å². The Morgan fingerprint density at radius 1 is 0.960 bits per heavy atom. The van der Waals surface area contributed by atoms with Gasteiger partial charge < -0.3 is 9.15 Å². The highest BCUT2D eigenvalue weighted by Crippen LogP contribution is 2.33. The van der Waals surface area contributed by atoms with E-state index in [-0.39, 0.29) is 11.4 Å². The summed E-state index contributed by atoms with van der Waals surface area (Å²) < 4.78 is 10.8. The van der Waals surface area contributed by atoms with Crippen molar-refractivity contribution in [2.24, 2.45) is 0 Å². The van der Waals surface area contributed by atoms with Crippen molar-refractivity contribution in [3.8, 4) is 17.2 Å². The van der Waals surface area contributed by atoms with E-state index in [1.54, 1.807) is 25.4 Å². The van der Waals surface area contributed by atoms with E-state index in [9.17, 15) is 4.79 Å². The molecule has 0 spiro atoms. The van der Waals surface area contributed by atoms with Crippen LogP contribution in [0.4, 0.5) is 0 Å². The number of aromatic nitrogens is 2. The minimum Gasteiger partial charge on any atom is -0.496 e.